The van der Waals surface area contributed by atoms with Crippen molar-refractivity contribution in [2.24, 2.45) is 22.7 Å². The summed E-state index contributed by atoms with van der Waals surface area (Å²) in [4.78, 5) is 114. The lowest BCUT2D eigenvalue weighted by Crippen LogP contribution is -2.80. The van der Waals surface area contributed by atoms with Gasteiger partial charge in [-0.3, -0.25) is 24.0 Å². The molecule has 2 saturated carbocycles. The maximum Gasteiger partial charge on any atom is 0.350 e. The van der Waals surface area contributed by atoms with Crippen molar-refractivity contribution in [1.29, 1.82) is 0 Å². The van der Waals surface area contributed by atoms with E-state index < -0.39 is 144 Å². The van der Waals surface area contributed by atoms with E-state index in [-0.39, 0.29) is 47.5 Å². The lowest BCUT2D eigenvalue weighted by atomic mass is 9.42. The Balaban J connectivity index is 1.10. The van der Waals surface area contributed by atoms with Crippen LogP contribution in [0.2, 0.25) is 0 Å². The number of hydrogen-bond acceptors (Lipinski definition) is 17. The van der Waals surface area contributed by atoms with Crippen LogP contribution in [0.4, 0.5) is 0 Å². The highest BCUT2D eigenvalue weighted by Crippen LogP contribution is 2.66. The molecule has 1 amide bonds. The van der Waals surface area contributed by atoms with Crippen LogP contribution in [0, 0.1) is 22.7 Å². The van der Waals surface area contributed by atoms with Gasteiger partial charge in [0.25, 0.3) is 5.91 Å². The van der Waals surface area contributed by atoms with Crippen LogP contribution in [0.15, 0.2) is 160 Å². The molecule has 7 rings (SSSR count). The van der Waals surface area contributed by atoms with E-state index in [0.29, 0.717) is 6.42 Å². The molecule has 0 radical (unpaired) electrons. The largest absolute Gasteiger partial charge is 0.464 e. The fourth-order valence-corrected chi connectivity index (χ4v) is 14.4. The number of ether oxygens (including phenoxy) is 7. The van der Waals surface area contributed by atoms with Gasteiger partial charge < -0.3 is 48.7 Å². The second-order valence-corrected chi connectivity index (χ2v) is 27.4. The number of amides is 1. The van der Waals surface area contributed by atoms with Gasteiger partial charge in [-0.1, -0.05) is 151 Å². The number of esters is 5. The number of carbonyl (C=O) groups excluding carboxylic acids is 8. The molecule has 18 nitrogen and oxygen atoms in total. The Morgan fingerprint density at radius 1 is 0.667 bits per heavy atom. The number of benzene rings is 3. The average Bonchev–Trinajstić information content (AvgIpc) is 0.670. The molecular formula is C78H99NO17. The topological polar surface area (TPSA) is 254 Å². The molecule has 4 aliphatic rings. The number of carbonyl (C=O) groups is 8. The summed E-state index contributed by atoms with van der Waals surface area (Å²) in [6, 6.07) is 23.0. The van der Waals surface area contributed by atoms with Gasteiger partial charge in [0.15, 0.2) is 23.3 Å². The number of nitrogens with one attached hydrogen (secondary N) is 1. The summed E-state index contributed by atoms with van der Waals surface area (Å²) in [5, 5.41) is 29.4. The highest BCUT2D eigenvalue weighted by atomic mass is 16.6. The highest BCUT2D eigenvalue weighted by molar-refractivity contribution is 5.98. The molecule has 2 bridgehead atoms. The minimum absolute atomic E-state index is 0.00246. The number of Topliss-reactive ketones (excluding diaryl/α,β-unsaturated/α-hetero) is 2. The van der Waals surface area contributed by atoms with Gasteiger partial charge >= 0.3 is 29.8 Å². The van der Waals surface area contributed by atoms with Crippen LogP contribution in [0.3, 0.4) is 0 Å². The van der Waals surface area contributed by atoms with E-state index in [1.54, 1.807) is 105 Å². The molecule has 3 unspecified atom stereocenters. The minimum Gasteiger partial charge on any atom is -0.464 e. The van der Waals surface area contributed by atoms with Crippen molar-refractivity contribution in [1.82, 2.24) is 5.32 Å². The highest BCUT2D eigenvalue weighted by Gasteiger charge is 2.77. The molecular weight excluding hydrogens is 1220 g/mol. The van der Waals surface area contributed by atoms with Crippen LogP contribution in [0.5, 0.6) is 0 Å². The molecule has 518 valence electrons. The third-order valence-electron chi connectivity index (χ3n) is 19.7. The first-order valence-corrected chi connectivity index (χ1v) is 33.6. The smallest absolute Gasteiger partial charge is 0.350 e. The molecule has 18 heteroatoms. The predicted molar refractivity (Wildman–Crippen MR) is 363 cm³/mol. The molecule has 1 saturated heterocycles. The quantitative estimate of drug-likeness (QED) is 0.0178. The maximum absolute atomic E-state index is 15.9. The summed E-state index contributed by atoms with van der Waals surface area (Å²) in [5.74, 6) is -9.69. The molecule has 11 atom stereocenters. The van der Waals surface area contributed by atoms with Gasteiger partial charge in [-0.05, 0) is 136 Å². The molecule has 3 N–H and O–H groups in total. The Morgan fingerprint density at radius 2 is 1.20 bits per heavy atom. The van der Waals surface area contributed by atoms with Gasteiger partial charge in [0, 0.05) is 67.9 Å². The van der Waals surface area contributed by atoms with Crippen molar-refractivity contribution in [2.75, 3.05) is 26.4 Å². The fourth-order valence-electron chi connectivity index (χ4n) is 14.4. The second kappa shape index (κ2) is 33.9. The first kappa shape index (κ1) is 75.5. The zero-order chi connectivity index (χ0) is 70.1. The number of ketones is 2. The van der Waals surface area contributed by atoms with Crippen LogP contribution < -0.4 is 5.32 Å². The van der Waals surface area contributed by atoms with Gasteiger partial charge in [0.05, 0.1) is 30.3 Å². The zero-order valence-electron chi connectivity index (χ0n) is 58.0. The molecule has 1 heterocycles. The SMILES string of the molecule is CC(=O)O[C@H]1C(=O)[C@@]2(C)[C@H](C(CC(=O)c3ccccc3)[C@]3(O)CC(OC(=O)C(OC(=O)COCC(=O)OCCC(C)=CCCC(C)=CCCC=C(C)CCC=C(C)CCC=C(C)C)[C@@H](NC(=O)c4ccccc4)c4ccccc4)C(C)=C1C3(C)C)[C@]1(OC(C)=O)CO[C@@H]1C[C@@H]2O. The minimum atomic E-state index is -2.30. The van der Waals surface area contributed by atoms with Crippen LogP contribution in [-0.2, 0) is 61.9 Å². The Hall–Kier alpha value is -7.90. The Labute approximate surface area is 566 Å². The van der Waals surface area contributed by atoms with Gasteiger partial charge in [-0.15, -0.1) is 0 Å². The maximum atomic E-state index is 15.9. The summed E-state index contributed by atoms with van der Waals surface area (Å²) in [5.41, 5.74) is -0.290. The molecule has 0 spiro atoms. The van der Waals surface area contributed by atoms with Crippen molar-refractivity contribution < 1.29 is 81.7 Å². The third kappa shape index (κ3) is 18.4. The number of allylic oxidation sites excluding steroid dienone is 9. The Bertz CT molecular complexity index is 3470. The second-order valence-electron chi connectivity index (χ2n) is 27.4. The number of aliphatic hydroxyl groups excluding tert-OH is 1. The van der Waals surface area contributed by atoms with Crippen LogP contribution in [0.1, 0.15) is 192 Å². The lowest BCUT2D eigenvalue weighted by Gasteiger charge is -2.68. The fraction of sp³-hybridized carbons (Fsp3) is 0.513. The van der Waals surface area contributed by atoms with Gasteiger partial charge in [0.2, 0.25) is 6.10 Å². The van der Waals surface area contributed by atoms with Crippen molar-refractivity contribution in [3.63, 3.8) is 0 Å². The van der Waals surface area contributed by atoms with Crippen LogP contribution in [0.25, 0.3) is 0 Å². The van der Waals surface area contributed by atoms with Crippen LogP contribution >= 0.6 is 0 Å². The third-order valence-corrected chi connectivity index (χ3v) is 19.7. The van der Waals surface area contributed by atoms with Gasteiger partial charge in [0.1, 0.15) is 31.5 Å². The summed E-state index contributed by atoms with van der Waals surface area (Å²) in [6.45, 7) is 19.5. The van der Waals surface area contributed by atoms with E-state index >= 15 is 9.59 Å². The van der Waals surface area contributed by atoms with Crippen molar-refractivity contribution in [3.05, 3.63) is 177 Å². The molecule has 1 aliphatic heterocycles. The van der Waals surface area contributed by atoms with Crippen molar-refractivity contribution in [3.8, 4) is 0 Å². The Morgan fingerprint density at radius 3 is 1.74 bits per heavy atom. The summed E-state index contributed by atoms with van der Waals surface area (Å²) >= 11 is 0. The van der Waals surface area contributed by atoms with Crippen molar-refractivity contribution >= 4 is 47.3 Å². The van der Waals surface area contributed by atoms with Crippen LogP contribution in [-0.4, -0.2) is 126 Å². The van der Waals surface area contributed by atoms with E-state index in [9.17, 15) is 39.0 Å². The first-order valence-electron chi connectivity index (χ1n) is 33.6. The molecule has 3 aromatic carbocycles. The summed E-state index contributed by atoms with van der Waals surface area (Å²) < 4.78 is 41.7. The van der Waals surface area contributed by atoms with E-state index in [1.807, 2.05) is 6.92 Å². The first-order chi connectivity index (χ1) is 45.5. The molecule has 96 heavy (non-hydrogen) atoms. The molecule has 0 aromatic heterocycles. The number of fused-ring (bicyclic) bond motifs is 5. The lowest BCUT2D eigenvalue weighted by molar-refractivity contribution is -0.339. The van der Waals surface area contributed by atoms with E-state index in [2.05, 4.69) is 70.3 Å². The zero-order valence-corrected chi connectivity index (χ0v) is 58.0. The normalized spacial score (nSPS) is 25.4. The standard InChI is InChI=1S/C78H99NO17/c1-49(2)27-24-30-52(5)33-25-31-50(3)28-22-23-29-51(4)32-26-34-53(6)41-42-91-65(84)46-90-47-66(85)95-70(68(58-37-18-14-19-38-58)79-73(87)59-39-20-15-21-40-59)74(88)94-62-45-78(89)60(43-61(82)57-35-16-13-17-36-57)71-76(12,63(83)44-64-77(71,48-92-64)96-56(9)81)72(86)69(93-55(8)80)67(54(62)7)75(78,10)11/h13-21,27-29,33-40,60,62-64,68-71,83,89H,22-26,30-32,41-48H2,1-12H3,(H,79,87)/t60?,62?,63-,64+,68-,69+,70?,71-,76+,77-,78+/m0/s1. The van der Waals surface area contributed by atoms with Crippen molar-refractivity contribution in [2.45, 2.75) is 208 Å². The predicted octanol–water partition coefficient (Wildman–Crippen LogP) is 12.8. The Kier molecular flexibility index (Phi) is 26.6. The molecule has 3 aromatic rings. The molecule has 3 aliphatic carbocycles. The number of unbranched alkanes of at least 4 members (excludes halogenated alkanes) is 1. The summed E-state index contributed by atoms with van der Waals surface area (Å²) in [7, 11) is 0. The number of rotatable bonds is 31. The van der Waals surface area contributed by atoms with Gasteiger partial charge in [-0.2, -0.15) is 0 Å². The van der Waals surface area contributed by atoms with E-state index in [1.165, 1.54) is 43.1 Å². The number of hydrogen-bond donors (Lipinski definition) is 3. The summed E-state index contributed by atoms with van der Waals surface area (Å²) in [6.07, 6.45) is 10.6. The molecule has 3 fully saturated rings. The number of aliphatic hydroxyl groups is 2. The van der Waals surface area contributed by atoms with Gasteiger partial charge in [-0.25, -0.2) is 14.4 Å². The van der Waals surface area contributed by atoms with E-state index in [4.69, 9.17) is 33.2 Å². The average molecular weight is 1320 g/mol. The van der Waals surface area contributed by atoms with E-state index in [0.717, 1.165) is 63.9 Å². The monoisotopic (exact) mass is 1320 g/mol.